The Morgan fingerprint density at radius 1 is 1.40 bits per heavy atom. The predicted octanol–water partition coefficient (Wildman–Crippen LogP) is -0.243. The Morgan fingerprint density at radius 2 is 2.00 bits per heavy atom. The lowest BCUT2D eigenvalue weighted by Crippen LogP contribution is -2.05. The maximum atomic E-state index is 10.5. The molecule has 0 heterocycles. The van der Waals surface area contributed by atoms with Crippen molar-refractivity contribution < 1.29 is 13.5 Å². The summed E-state index contributed by atoms with van der Waals surface area (Å²) >= 11 is 1.45. The summed E-state index contributed by atoms with van der Waals surface area (Å²) in [5, 5.41) is 8.33. The number of rotatable bonds is 5. The first-order chi connectivity index (χ1) is 4.56. The van der Waals surface area contributed by atoms with Crippen LogP contribution in [0.2, 0.25) is 0 Å². The Hall–Kier alpha value is 0.260. The van der Waals surface area contributed by atoms with Gasteiger partial charge in [0.25, 0.3) is 0 Å². The summed E-state index contributed by atoms with van der Waals surface area (Å²) in [6.07, 6.45) is 1.21. The Balaban J connectivity index is 3.21. The highest BCUT2D eigenvalue weighted by Gasteiger charge is 1.99. The summed E-state index contributed by atoms with van der Waals surface area (Å²) in [5.74, 6) is 1.41. The van der Waals surface area contributed by atoms with Crippen LogP contribution in [0.15, 0.2) is 0 Å². The van der Waals surface area contributed by atoms with Crippen molar-refractivity contribution in [1.29, 1.82) is 0 Å². The average Bonchev–Trinajstić information content (AvgIpc) is 1.78. The van der Waals surface area contributed by atoms with Crippen LogP contribution < -0.4 is 0 Å². The molecule has 0 radical (unpaired) electrons. The van der Waals surface area contributed by atoms with Crippen LogP contribution >= 0.6 is 11.8 Å². The summed E-state index contributed by atoms with van der Waals surface area (Å²) in [6.45, 7) is 0.119. The van der Waals surface area contributed by atoms with Gasteiger partial charge in [-0.25, -0.2) is 8.42 Å². The van der Waals surface area contributed by atoms with Gasteiger partial charge in [-0.15, -0.1) is 0 Å². The minimum absolute atomic E-state index is 0.119. The number of sulfone groups is 1. The van der Waals surface area contributed by atoms with E-state index in [2.05, 4.69) is 0 Å². The van der Waals surface area contributed by atoms with Crippen LogP contribution in [0.3, 0.4) is 0 Å². The van der Waals surface area contributed by atoms with Crippen molar-refractivity contribution in [2.45, 2.75) is 0 Å². The second-order valence-corrected chi connectivity index (χ2v) is 5.45. The summed E-state index contributed by atoms with van der Waals surface area (Å²) in [4.78, 5) is 0. The van der Waals surface area contributed by atoms with Gasteiger partial charge in [-0.1, -0.05) is 0 Å². The van der Waals surface area contributed by atoms with E-state index in [1.807, 2.05) is 0 Å². The molecule has 0 saturated heterocycles. The molecule has 0 aliphatic carbocycles. The third-order valence-electron chi connectivity index (χ3n) is 0.834. The van der Waals surface area contributed by atoms with Gasteiger partial charge in [0.2, 0.25) is 0 Å². The molecule has 1 N–H and O–H groups in total. The molecule has 0 aliphatic rings. The van der Waals surface area contributed by atoms with Gasteiger partial charge in [-0.3, -0.25) is 0 Å². The maximum absolute atomic E-state index is 10.5. The topological polar surface area (TPSA) is 54.4 Å². The molecular weight excluding hydrogens is 172 g/mol. The Morgan fingerprint density at radius 3 is 2.40 bits per heavy atom. The first kappa shape index (κ1) is 10.3. The molecule has 5 heteroatoms. The van der Waals surface area contributed by atoms with Crippen molar-refractivity contribution in [2.24, 2.45) is 0 Å². The van der Waals surface area contributed by atoms with Crippen molar-refractivity contribution in [3.63, 3.8) is 0 Å². The van der Waals surface area contributed by atoms with Crippen LogP contribution in [-0.2, 0) is 9.84 Å². The summed E-state index contributed by atoms with van der Waals surface area (Å²) in [5.41, 5.74) is 0. The van der Waals surface area contributed by atoms with Gasteiger partial charge in [-0.05, 0) is 0 Å². The van der Waals surface area contributed by atoms with E-state index in [4.69, 9.17) is 5.11 Å². The Labute approximate surface area is 65.7 Å². The van der Waals surface area contributed by atoms with Gasteiger partial charge in [0.05, 0.1) is 12.4 Å². The molecule has 0 aromatic carbocycles. The minimum atomic E-state index is -2.81. The van der Waals surface area contributed by atoms with Crippen LogP contribution in [0.5, 0.6) is 0 Å². The fraction of sp³-hybridized carbons (Fsp3) is 1.00. The Bertz CT molecular complexity index is 162. The number of aliphatic hydroxyl groups excluding tert-OH is 1. The van der Waals surface area contributed by atoms with E-state index < -0.39 is 9.84 Å². The van der Waals surface area contributed by atoms with Gasteiger partial charge in [0.1, 0.15) is 9.84 Å². The first-order valence-corrected chi connectivity index (χ1v) is 6.14. The van der Waals surface area contributed by atoms with E-state index in [1.165, 1.54) is 18.0 Å². The fourth-order valence-corrected chi connectivity index (χ4v) is 2.39. The van der Waals surface area contributed by atoms with Crippen molar-refractivity contribution in [3.8, 4) is 0 Å². The van der Waals surface area contributed by atoms with Crippen LogP contribution in [-0.4, -0.2) is 43.6 Å². The molecule has 0 spiro atoms. The highest BCUT2D eigenvalue weighted by Crippen LogP contribution is 1.99. The minimum Gasteiger partial charge on any atom is -0.396 e. The lowest BCUT2D eigenvalue weighted by Gasteiger charge is -1.96. The summed E-state index contributed by atoms with van der Waals surface area (Å²) in [6, 6.07) is 0. The van der Waals surface area contributed by atoms with E-state index in [0.717, 1.165) is 0 Å². The molecule has 0 amide bonds. The quantitative estimate of drug-likeness (QED) is 0.599. The third-order valence-corrected chi connectivity index (χ3v) is 3.00. The highest BCUT2D eigenvalue weighted by atomic mass is 32.2. The molecule has 3 nitrogen and oxygen atoms in total. The van der Waals surface area contributed by atoms with Gasteiger partial charge >= 0.3 is 0 Å². The van der Waals surface area contributed by atoms with Crippen LogP contribution in [0, 0.1) is 0 Å². The van der Waals surface area contributed by atoms with Crippen molar-refractivity contribution in [3.05, 3.63) is 0 Å². The Kier molecular flexibility index (Phi) is 5.11. The zero-order valence-electron chi connectivity index (χ0n) is 5.91. The number of hydrogen-bond acceptors (Lipinski definition) is 4. The van der Waals surface area contributed by atoms with Crippen molar-refractivity contribution in [1.82, 2.24) is 0 Å². The molecule has 62 valence electrons. The molecule has 10 heavy (non-hydrogen) atoms. The molecule has 0 rings (SSSR count). The first-order valence-electron chi connectivity index (χ1n) is 2.92. The molecule has 0 saturated carbocycles. The normalized spacial score (nSPS) is 11.8. The second kappa shape index (κ2) is 4.98. The molecule has 0 aromatic heterocycles. The van der Waals surface area contributed by atoms with E-state index in [1.54, 1.807) is 0 Å². The number of aliphatic hydroxyl groups is 1. The molecule has 0 atom stereocenters. The fourth-order valence-electron chi connectivity index (χ4n) is 0.377. The molecular formula is C5H12O3S2. The van der Waals surface area contributed by atoms with Crippen LogP contribution in [0.1, 0.15) is 0 Å². The van der Waals surface area contributed by atoms with E-state index in [-0.39, 0.29) is 12.4 Å². The monoisotopic (exact) mass is 184 g/mol. The largest absolute Gasteiger partial charge is 0.396 e. The summed E-state index contributed by atoms with van der Waals surface area (Å²) in [7, 11) is -2.81. The molecule has 0 aliphatic heterocycles. The van der Waals surface area contributed by atoms with E-state index >= 15 is 0 Å². The van der Waals surface area contributed by atoms with Crippen LogP contribution in [0.25, 0.3) is 0 Å². The zero-order chi connectivity index (χ0) is 8.04. The lowest BCUT2D eigenvalue weighted by molar-refractivity contribution is 0.322. The van der Waals surface area contributed by atoms with Crippen molar-refractivity contribution >= 4 is 21.6 Å². The number of hydrogen-bond donors (Lipinski definition) is 1. The van der Waals surface area contributed by atoms with E-state index in [0.29, 0.717) is 11.5 Å². The molecule has 0 bridgehead atoms. The standard InChI is InChI=1S/C5H12O3S2/c1-10(7,8)5-4-9-3-2-6/h6H,2-5H2,1H3. The number of thioether (sulfide) groups is 1. The molecule has 0 unspecified atom stereocenters. The van der Waals surface area contributed by atoms with E-state index in [9.17, 15) is 8.42 Å². The van der Waals surface area contributed by atoms with Crippen molar-refractivity contribution in [2.75, 3.05) is 30.1 Å². The zero-order valence-corrected chi connectivity index (χ0v) is 7.54. The van der Waals surface area contributed by atoms with Gasteiger partial charge < -0.3 is 5.11 Å². The smallest absolute Gasteiger partial charge is 0.148 e. The maximum Gasteiger partial charge on any atom is 0.148 e. The highest BCUT2D eigenvalue weighted by molar-refractivity contribution is 8.00. The second-order valence-electron chi connectivity index (χ2n) is 1.97. The molecule has 0 fully saturated rings. The van der Waals surface area contributed by atoms with Crippen LogP contribution in [0.4, 0.5) is 0 Å². The summed E-state index contributed by atoms with van der Waals surface area (Å²) < 4.78 is 21.0. The van der Waals surface area contributed by atoms with Gasteiger partial charge in [0.15, 0.2) is 0 Å². The molecule has 0 aromatic rings. The lowest BCUT2D eigenvalue weighted by atomic mass is 10.9. The van der Waals surface area contributed by atoms with Gasteiger partial charge in [-0.2, -0.15) is 11.8 Å². The van der Waals surface area contributed by atoms with Gasteiger partial charge in [0, 0.05) is 17.8 Å². The third kappa shape index (κ3) is 8.26. The SMILES string of the molecule is CS(=O)(=O)CCSCCO. The average molecular weight is 184 g/mol. The predicted molar refractivity (Wildman–Crippen MR) is 44.1 cm³/mol.